The molecule has 1 heterocycles. The number of ether oxygens (including phenoxy) is 1. The summed E-state index contributed by atoms with van der Waals surface area (Å²) in [5.41, 5.74) is 0. The van der Waals surface area contributed by atoms with Gasteiger partial charge in [0.05, 0.1) is 0 Å². The number of hydrogen-bond acceptors (Lipinski definition) is 5. The molecule has 2 aromatic rings. The Labute approximate surface area is 134 Å². The van der Waals surface area contributed by atoms with Crippen LogP contribution in [0.3, 0.4) is 0 Å². The third kappa shape index (κ3) is 4.27. The Bertz CT molecular complexity index is 596. The Morgan fingerprint density at radius 2 is 1.91 bits per heavy atom. The van der Waals surface area contributed by atoms with Crippen LogP contribution in [0.2, 0.25) is 0 Å². The summed E-state index contributed by atoms with van der Waals surface area (Å²) >= 11 is 1.43. The minimum absolute atomic E-state index is 0.226. The maximum Gasteiger partial charge on any atom is 0.266 e. The van der Waals surface area contributed by atoms with Gasteiger partial charge in [0.25, 0.3) is 5.91 Å². The van der Waals surface area contributed by atoms with Crippen LogP contribution in [0.25, 0.3) is 0 Å². The summed E-state index contributed by atoms with van der Waals surface area (Å²) in [7, 11) is 0. The summed E-state index contributed by atoms with van der Waals surface area (Å²) in [5, 5.41) is 12.5. The van der Waals surface area contributed by atoms with E-state index >= 15 is 0 Å². The van der Waals surface area contributed by atoms with Gasteiger partial charge in [-0.2, -0.15) is 0 Å². The van der Waals surface area contributed by atoms with Crippen LogP contribution in [0.1, 0.15) is 44.5 Å². The highest BCUT2D eigenvalue weighted by atomic mass is 32.1. The number of aromatic nitrogens is 2. The summed E-state index contributed by atoms with van der Waals surface area (Å²) < 4.78 is 5.59. The first kappa shape index (κ1) is 16.4. The molecule has 22 heavy (non-hydrogen) atoms. The Kier molecular flexibility index (Phi) is 5.89. The maximum absolute atomic E-state index is 12.1. The number of para-hydroxylation sites is 1. The van der Waals surface area contributed by atoms with Crippen molar-refractivity contribution in [3.63, 3.8) is 0 Å². The minimum atomic E-state index is -0.595. The van der Waals surface area contributed by atoms with Gasteiger partial charge in [-0.25, -0.2) is 0 Å². The lowest BCUT2D eigenvalue weighted by Gasteiger charge is -2.13. The number of carbonyl (C=O) groups is 1. The molecule has 0 aliphatic heterocycles. The Hall–Kier alpha value is -1.95. The summed E-state index contributed by atoms with van der Waals surface area (Å²) in [6, 6.07) is 9.28. The molecule has 1 atom stereocenters. The average molecular weight is 319 g/mol. The van der Waals surface area contributed by atoms with Gasteiger partial charge in [0.1, 0.15) is 10.8 Å². The molecule has 5 nitrogen and oxygen atoms in total. The predicted octanol–water partition coefficient (Wildman–Crippen LogP) is 3.85. The van der Waals surface area contributed by atoms with Crippen LogP contribution >= 0.6 is 11.3 Å². The Morgan fingerprint density at radius 1 is 1.23 bits per heavy atom. The topological polar surface area (TPSA) is 64.1 Å². The maximum atomic E-state index is 12.1. The summed E-state index contributed by atoms with van der Waals surface area (Å²) in [6.07, 6.45) is 1.45. The van der Waals surface area contributed by atoms with E-state index in [1.165, 1.54) is 11.3 Å². The van der Waals surface area contributed by atoms with Crippen molar-refractivity contribution in [3.05, 3.63) is 35.3 Å². The number of nitrogens with zero attached hydrogens (tertiary/aromatic N) is 2. The van der Waals surface area contributed by atoms with Crippen LogP contribution < -0.4 is 10.1 Å². The van der Waals surface area contributed by atoms with Crippen LogP contribution in [0.4, 0.5) is 5.13 Å². The molecular formula is C16H21N3O2S. The van der Waals surface area contributed by atoms with Crippen LogP contribution in [0.15, 0.2) is 30.3 Å². The second-order valence-electron chi connectivity index (χ2n) is 5.02. The van der Waals surface area contributed by atoms with Crippen molar-refractivity contribution in [2.75, 3.05) is 5.32 Å². The van der Waals surface area contributed by atoms with Crippen LogP contribution in [-0.4, -0.2) is 22.2 Å². The van der Waals surface area contributed by atoms with Crippen molar-refractivity contribution in [2.45, 2.75) is 45.6 Å². The van der Waals surface area contributed by atoms with Crippen LogP contribution in [0.5, 0.6) is 5.75 Å². The molecule has 1 aromatic heterocycles. The molecule has 0 aliphatic rings. The van der Waals surface area contributed by atoms with Gasteiger partial charge in [0, 0.05) is 5.92 Å². The van der Waals surface area contributed by atoms with Gasteiger partial charge >= 0.3 is 0 Å². The molecule has 0 unspecified atom stereocenters. The first-order valence-corrected chi connectivity index (χ1v) is 8.31. The van der Waals surface area contributed by atoms with Crippen LogP contribution in [0, 0.1) is 0 Å². The van der Waals surface area contributed by atoms with Gasteiger partial charge in [-0.3, -0.25) is 10.1 Å². The SMILES string of the molecule is CCC(CC)c1nnc(NC(=O)[C@H](C)Oc2ccccc2)s1. The van der Waals surface area contributed by atoms with E-state index in [1.54, 1.807) is 6.92 Å². The third-order valence-corrected chi connectivity index (χ3v) is 4.43. The Balaban J connectivity index is 1.94. The predicted molar refractivity (Wildman–Crippen MR) is 88.4 cm³/mol. The third-order valence-electron chi connectivity index (χ3n) is 3.43. The van der Waals surface area contributed by atoms with Gasteiger partial charge in [-0.05, 0) is 31.9 Å². The van der Waals surface area contributed by atoms with Gasteiger partial charge in [-0.1, -0.05) is 43.4 Å². The lowest BCUT2D eigenvalue weighted by atomic mass is 10.1. The van der Waals surface area contributed by atoms with E-state index in [-0.39, 0.29) is 5.91 Å². The number of rotatable bonds is 7. The standard InChI is InChI=1S/C16H21N3O2S/c1-4-12(5-2)15-18-19-16(22-15)17-14(20)11(3)21-13-9-7-6-8-10-13/h6-12H,4-5H2,1-3H3,(H,17,19,20)/t11-/m0/s1. The molecule has 0 fully saturated rings. The highest BCUT2D eigenvalue weighted by molar-refractivity contribution is 7.15. The van der Waals surface area contributed by atoms with Crippen molar-refractivity contribution in [1.29, 1.82) is 0 Å². The van der Waals surface area contributed by atoms with E-state index in [1.807, 2.05) is 30.3 Å². The van der Waals surface area contributed by atoms with Gasteiger partial charge < -0.3 is 4.74 Å². The highest BCUT2D eigenvalue weighted by Crippen LogP contribution is 2.28. The molecule has 0 radical (unpaired) electrons. The number of nitrogens with one attached hydrogen (secondary N) is 1. The van der Waals surface area contributed by atoms with Crippen molar-refractivity contribution in [3.8, 4) is 5.75 Å². The fourth-order valence-corrected chi connectivity index (χ4v) is 3.06. The van der Waals surface area contributed by atoms with Crippen molar-refractivity contribution in [1.82, 2.24) is 10.2 Å². The van der Waals surface area contributed by atoms with E-state index in [4.69, 9.17) is 4.74 Å². The lowest BCUT2D eigenvalue weighted by Crippen LogP contribution is -2.30. The number of anilines is 1. The fraction of sp³-hybridized carbons (Fsp3) is 0.438. The molecular weight excluding hydrogens is 298 g/mol. The first-order valence-electron chi connectivity index (χ1n) is 7.50. The van der Waals surface area contributed by atoms with Gasteiger partial charge in [0.15, 0.2) is 6.10 Å². The molecule has 2 rings (SSSR count). The number of amides is 1. The molecule has 0 bridgehead atoms. The van der Waals surface area contributed by atoms with Gasteiger partial charge in [0.2, 0.25) is 5.13 Å². The van der Waals surface area contributed by atoms with E-state index < -0.39 is 6.10 Å². The zero-order chi connectivity index (χ0) is 15.9. The molecule has 0 aliphatic carbocycles. The normalized spacial score (nSPS) is 12.2. The van der Waals surface area contributed by atoms with E-state index in [9.17, 15) is 4.79 Å². The molecule has 0 saturated carbocycles. The lowest BCUT2D eigenvalue weighted by molar-refractivity contribution is -0.122. The second kappa shape index (κ2) is 7.89. The quantitative estimate of drug-likeness (QED) is 0.842. The second-order valence-corrected chi connectivity index (χ2v) is 6.03. The molecule has 6 heteroatoms. The zero-order valence-electron chi connectivity index (χ0n) is 13.1. The molecule has 1 amide bonds. The Morgan fingerprint density at radius 3 is 2.55 bits per heavy atom. The first-order chi connectivity index (χ1) is 10.6. The molecule has 0 spiro atoms. The number of hydrogen-bond donors (Lipinski definition) is 1. The fourth-order valence-electron chi connectivity index (χ4n) is 2.05. The number of benzene rings is 1. The van der Waals surface area contributed by atoms with Gasteiger partial charge in [-0.15, -0.1) is 10.2 Å². The number of carbonyl (C=O) groups excluding carboxylic acids is 1. The zero-order valence-corrected chi connectivity index (χ0v) is 13.9. The van der Waals surface area contributed by atoms with Crippen molar-refractivity contribution in [2.24, 2.45) is 0 Å². The molecule has 1 aromatic carbocycles. The van der Waals surface area contributed by atoms with E-state index in [2.05, 4.69) is 29.4 Å². The summed E-state index contributed by atoms with van der Waals surface area (Å²) in [4.78, 5) is 12.1. The smallest absolute Gasteiger partial charge is 0.266 e. The average Bonchev–Trinajstić information content (AvgIpc) is 2.98. The van der Waals surface area contributed by atoms with E-state index in [0.29, 0.717) is 16.8 Å². The summed E-state index contributed by atoms with van der Waals surface area (Å²) in [5.74, 6) is 0.845. The molecule has 1 N–H and O–H groups in total. The van der Waals surface area contributed by atoms with E-state index in [0.717, 1.165) is 17.8 Å². The molecule has 0 saturated heterocycles. The van der Waals surface area contributed by atoms with Crippen LogP contribution in [-0.2, 0) is 4.79 Å². The van der Waals surface area contributed by atoms with Crippen molar-refractivity contribution >= 4 is 22.4 Å². The van der Waals surface area contributed by atoms with Crippen molar-refractivity contribution < 1.29 is 9.53 Å². The highest BCUT2D eigenvalue weighted by Gasteiger charge is 2.18. The summed E-state index contributed by atoms with van der Waals surface area (Å²) in [6.45, 7) is 5.97. The largest absolute Gasteiger partial charge is 0.481 e. The molecule has 118 valence electrons. The minimum Gasteiger partial charge on any atom is -0.481 e. The monoisotopic (exact) mass is 319 g/mol.